The van der Waals surface area contributed by atoms with Gasteiger partial charge in [-0.3, -0.25) is 0 Å². The number of ether oxygens (including phenoxy) is 1. The summed E-state index contributed by atoms with van der Waals surface area (Å²) in [4.78, 5) is 0. The van der Waals surface area contributed by atoms with E-state index in [1.807, 2.05) is 7.11 Å². The Bertz CT molecular complexity index is 136. The lowest BCUT2D eigenvalue weighted by Crippen LogP contribution is -2.13. The Labute approximate surface area is 69.1 Å². The summed E-state index contributed by atoms with van der Waals surface area (Å²) in [5.41, 5.74) is 0.737. The second-order valence-corrected chi connectivity index (χ2v) is 4.31. The van der Waals surface area contributed by atoms with Crippen molar-refractivity contribution in [1.82, 2.24) is 0 Å². The Hall–Kier alpha value is -0.0400. The van der Waals surface area contributed by atoms with E-state index in [9.17, 15) is 0 Å². The van der Waals surface area contributed by atoms with Crippen molar-refractivity contribution in [3.63, 3.8) is 0 Å². The Kier molecular flexibility index (Phi) is 1.92. The molecule has 0 amide bonds. The Balaban J connectivity index is 1.96. The average molecular weight is 154 g/mol. The fourth-order valence-electron chi connectivity index (χ4n) is 2.93. The SMILES string of the molecule is CO[C@H]1CCC2(CCCC2)C1. The zero-order chi connectivity index (χ0) is 7.73. The van der Waals surface area contributed by atoms with E-state index in [1.165, 1.54) is 44.9 Å². The first-order valence-corrected chi connectivity index (χ1v) is 4.87. The second-order valence-electron chi connectivity index (χ2n) is 4.31. The van der Waals surface area contributed by atoms with Crippen LogP contribution in [0.1, 0.15) is 44.9 Å². The first-order chi connectivity index (χ1) is 5.35. The van der Waals surface area contributed by atoms with Gasteiger partial charge in [0.15, 0.2) is 0 Å². The van der Waals surface area contributed by atoms with Crippen LogP contribution in [0.15, 0.2) is 0 Å². The van der Waals surface area contributed by atoms with Gasteiger partial charge in [0, 0.05) is 7.11 Å². The number of rotatable bonds is 1. The maximum atomic E-state index is 5.40. The third-order valence-electron chi connectivity index (χ3n) is 3.65. The summed E-state index contributed by atoms with van der Waals surface area (Å²) < 4.78 is 5.40. The van der Waals surface area contributed by atoms with Gasteiger partial charge in [0.1, 0.15) is 0 Å². The molecule has 0 unspecified atom stereocenters. The summed E-state index contributed by atoms with van der Waals surface area (Å²) >= 11 is 0. The van der Waals surface area contributed by atoms with Gasteiger partial charge in [-0.25, -0.2) is 0 Å². The van der Waals surface area contributed by atoms with Gasteiger partial charge in [-0.2, -0.15) is 0 Å². The van der Waals surface area contributed by atoms with E-state index in [4.69, 9.17) is 4.74 Å². The van der Waals surface area contributed by atoms with Crippen LogP contribution in [0.4, 0.5) is 0 Å². The monoisotopic (exact) mass is 154 g/mol. The van der Waals surface area contributed by atoms with E-state index >= 15 is 0 Å². The highest BCUT2D eigenvalue weighted by atomic mass is 16.5. The van der Waals surface area contributed by atoms with Crippen molar-refractivity contribution in [2.45, 2.75) is 51.0 Å². The molecule has 0 radical (unpaired) electrons. The normalized spacial score (nSPS) is 35.2. The maximum absolute atomic E-state index is 5.40. The molecule has 2 fully saturated rings. The Morgan fingerprint density at radius 1 is 1.18 bits per heavy atom. The minimum atomic E-state index is 0.591. The van der Waals surface area contributed by atoms with Crippen LogP contribution in [-0.2, 0) is 4.74 Å². The van der Waals surface area contributed by atoms with Crippen LogP contribution >= 0.6 is 0 Å². The van der Waals surface area contributed by atoms with Crippen molar-refractivity contribution >= 4 is 0 Å². The van der Waals surface area contributed by atoms with Gasteiger partial charge in [-0.15, -0.1) is 0 Å². The van der Waals surface area contributed by atoms with Crippen LogP contribution in [0, 0.1) is 5.41 Å². The first kappa shape index (κ1) is 7.60. The molecule has 0 bridgehead atoms. The fraction of sp³-hybridized carbons (Fsp3) is 1.00. The minimum absolute atomic E-state index is 0.591. The van der Waals surface area contributed by atoms with Gasteiger partial charge in [0.05, 0.1) is 6.10 Å². The number of methoxy groups -OCH3 is 1. The molecule has 1 atom stereocenters. The molecule has 0 aromatic rings. The van der Waals surface area contributed by atoms with Crippen LogP contribution in [-0.4, -0.2) is 13.2 Å². The van der Waals surface area contributed by atoms with Crippen LogP contribution in [0.3, 0.4) is 0 Å². The van der Waals surface area contributed by atoms with Gasteiger partial charge >= 0.3 is 0 Å². The lowest BCUT2D eigenvalue weighted by atomic mass is 9.85. The molecule has 2 rings (SSSR count). The van der Waals surface area contributed by atoms with Crippen LogP contribution in [0.2, 0.25) is 0 Å². The van der Waals surface area contributed by atoms with Gasteiger partial charge in [0.25, 0.3) is 0 Å². The molecule has 0 N–H and O–H groups in total. The molecule has 0 aromatic heterocycles. The van der Waals surface area contributed by atoms with E-state index in [0.29, 0.717) is 6.10 Å². The van der Waals surface area contributed by atoms with E-state index in [-0.39, 0.29) is 0 Å². The van der Waals surface area contributed by atoms with Crippen molar-refractivity contribution in [3.05, 3.63) is 0 Å². The minimum Gasteiger partial charge on any atom is -0.381 e. The fourth-order valence-corrected chi connectivity index (χ4v) is 2.93. The third-order valence-corrected chi connectivity index (χ3v) is 3.65. The molecule has 0 heterocycles. The molecular weight excluding hydrogens is 136 g/mol. The zero-order valence-electron chi connectivity index (χ0n) is 7.44. The summed E-state index contributed by atoms with van der Waals surface area (Å²) in [6, 6.07) is 0. The summed E-state index contributed by atoms with van der Waals surface area (Å²) in [6.07, 6.45) is 10.6. The molecule has 0 aromatic carbocycles. The predicted molar refractivity (Wildman–Crippen MR) is 45.5 cm³/mol. The standard InChI is InChI=1S/C10H18O/c1-11-9-4-7-10(8-9)5-2-3-6-10/h9H,2-8H2,1H3/t9-/m0/s1. The van der Waals surface area contributed by atoms with E-state index in [0.717, 1.165) is 5.41 Å². The maximum Gasteiger partial charge on any atom is 0.0576 e. The second kappa shape index (κ2) is 2.78. The predicted octanol–water partition coefficient (Wildman–Crippen LogP) is 2.75. The molecule has 0 saturated heterocycles. The van der Waals surface area contributed by atoms with Crippen LogP contribution in [0.25, 0.3) is 0 Å². The summed E-state index contributed by atoms with van der Waals surface area (Å²) in [5, 5.41) is 0. The molecule has 1 nitrogen and oxygen atoms in total. The van der Waals surface area contributed by atoms with Crippen molar-refractivity contribution in [3.8, 4) is 0 Å². The van der Waals surface area contributed by atoms with Gasteiger partial charge in [0.2, 0.25) is 0 Å². The Morgan fingerprint density at radius 3 is 2.45 bits per heavy atom. The largest absolute Gasteiger partial charge is 0.381 e. The topological polar surface area (TPSA) is 9.23 Å². The van der Waals surface area contributed by atoms with E-state index < -0.39 is 0 Å². The molecule has 0 aliphatic heterocycles. The molecule has 1 spiro atoms. The van der Waals surface area contributed by atoms with Gasteiger partial charge in [-0.1, -0.05) is 12.8 Å². The summed E-state index contributed by atoms with van der Waals surface area (Å²) in [6.45, 7) is 0. The average Bonchev–Trinajstić information content (AvgIpc) is 2.62. The highest BCUT2D eigenvalue weighted by molar-refractivity contribution is 4.92. The number of hydrogen-bond acceptors (Lipinski definition) is 1. The molecule has 2 aliphatic carbocycles. The molecule has 2 saturated carbocycles. The lowest BCUT2D eigenvalue weighted by molar-refractivity contribution is 0.0958. The van der Waals surface area contributed by atoms with Gasteiger partial charge < -0.3 is 4.74 Å². The molecule has 64 valence electrons. The van der Waals surface area contributed by atoms with Gasteiger partial charge in [-0.05, 0) is 37.5 Å². The molecule has 2 aliphatic rings. The summed E-state index contributed by atoms with van der Waals surface area (Å²) in [7, 11) is 1.86. The third kappa shape index (κ3) is 1.31. The lowest BCUT2D eigenvalue weighted by Gasteiger charge is -2.21. The quantitative estimate of drug-likeness (QED) is 0.564. The highest BCUT2D eigenvalue weighted by Gasteiger charge is 2.40. The molecule has 1 heteroatoms. The Morgan fingerprint density at radius 2 is 1.91 bits per heavy atom. The highest BCUT2D eigenvalue weighted by Crippen LogP contribution is 2.50. The molecular formula is C10H18O. The van der Waals surface area contributed by atoms with Crippen LogP contribution in [0.5, 0.6) is 0 Å². The van der Waals surface area contributed by atoms with E-state index in [1.54, 1.807) is 0 Å². The van der Waals surface area contributed by atoms with Crippen molar-refractivity contribution < 1.29 is 4.74 Å². The van der Waals surface area contributed by atoms with Crippen molar-refractivity contribution in [1.29, 1.82) is 0 Å². The van der Waals surface area contributed by atoms with Crippen molar-refractivity contribution in [2.75, 3.05) is 7.11 Å². The zero-order valence-corrected chi connectivity index (χ0v) is 7.44. The summed E-state index contributed by atoms with van der Waals surface area (Å²) in [5.74, 6) is 0. The van der Waals surface area contributed by atoms with Crippen LogP contribution < -0.4 is 0 Å². The smallest absolute Gasteiger partial charge is 0.0576 e. The van der Waals surface area contributed by atoms with Crippen molar-refractivity contribution in [2.24, 2.45) is 5.41 Å². The van der Waals surface area contributed by atoms with E-state index in [2.05, 4.69) is 0 Å². The first-order valence-electron chi connectivity index (χ1n) is 4.87. The molecule has 11 heavy (non-hydrogen) atoms. The number of hydrogen-bond donors (Lipinski definition) is 0.